The number of quaternary nitrogens is 1. The summed E-state index contributed by atoms with van der Waals surface area (Å²) in [5, 5.41) is 24.8. The molecule has 7 N–H and O–H groups in total. The molecule has 0 aliphatic carbocycles. The van der Waals surface area contributed by atoms with Crippen LogP contribution in [0, 0.1) is 0 Å². The molecule has 5 heteroatoms. The van der Waals surface area contributed by atoms with E-state index in [0.29, 0.717) is 0 Å². The summed E-state index contributed by atoms with van der Waals surface area (Å²) in [6.07, 6.45) is 0. The highest BCUT2D eigenvalue weighted by atomic mass is 16.5. The highest BCUT2D eigenvalue weighted by Gasteiger charge is 2.20. The molecule has 0 spiro atoms. The third-order valence-corrected chi connectivity index (χ3v) is 0.654. The molecule has 0 saturated carbocycles. The van der Waals surface area contributed by atoms with E-state index in [4.69, 9.17) is 15.3 Å². The fourth-order valence-electron chi connectivity index (χ4n) is 0.0791. The van der Waals surface area contributed by atoms with Crippen LogP contribution in [0.2, 0.25) is 0 Å². The lowest BCUT2D eigenvalue weighted by atomic mass is 10.3. The molecule has 0 saturated heterocycles. The molecular formula is C3H11NO4. The van der Waals surface area contributed by atoms with Gasteiger partial charge in [-0.25, -0.2) is 0 Å². The van der Waals surface area contributed by atoms with Crippen LogP contribution >= 0.6 is 0 Å². The van der Waals surface area contributed by atoms with Crippen molar-refractivity contribution in [3.63, 3.8) is 0 Å². The molecule has 0 aliphatic rings. The van der Waals surface area contributed by atoms with Gasteiger partial charge < -0.3 is 26.5 Å². The van der Waals surface area contributed by atoms with Crippen LogP contribution in [0.4, 0.5) is 0 Å². The maximum absolute atomic E-state index is 8.38. The molecule has 0 aliphatic heterocycles. The molecular weight excluding hydrogens is 114 g/mol. The second kappa shape index (κ2) is 3.76. The first-order valence-electron chi connectivity index (χ1n) is 1.97. The standard InChI is InChI=1S/C3H9NO3.H2O/c4-1-3(6,7)2-5;/h5-7H,1-2,4H2;1H2. The Morgan fingerprint density at radius 1 is 1.38 bits per heavy atom. The van der Waals surface area contributed by atoms with Crippen LogP contribution in [0.25, 0.3) is 0 Å². The molecule has 0 amide bonds. The lowest BCUT2D eigenvalue weighted by molar-refractivity contribution is -0.432. The zero-order valence-electron chi connectivity index (χ0n) is 4.41. The van der Waals surface area contributed by atoms with Gasteiger partial charge in [0.1, 0.15) is 13.2 Å². The predicted molar refractivity (Wildman–Crippen MR) is 23.9 cm³/mol. The maximum Gasteiger partial charge on any atom is 0.237 e. The van der Waals surface area contributed by atoms with E-state index in [1.165, 1.54) is 0 Å². The normalized spacial score (nSPS) is 10.5. The van der Waals surface area contributed by atoms with Crippen LogP contribution in [-0.4, -0.2) is 39.7 Å². The lowest BCUT2D eigenvalue weighted by Crippen LogP contribution is -2.62. The monoisotopic (exact) mass is 125 g/mol. The number of hydrogen-bond acceptors (Lipinski definition) is 4. The number of aliphatic hydroxyl groups excluding tert-OH is 1. The Kier molecular flexibility index (Phi) is 5.04. The summed E-state index contributed by atoms with van der Waals surface area (Å²) in [5.74, 6) is -1.97. The summed E-state index contributed by atoms with van der Waals surface area (Å²) in [5.41, 5.74) is 3.17. The minimum atomic E-state index is -1.97. The lowest BCUT2D eigenvalue weighted by Gasteiger charge is -2.11. The Hall–Kier alpha value is -0.200. The maximum atomic E-state index is 8.38. The summed E-state index contributed by atoms with van der Waals surface area (Å²) in [6.45, 7) is -0.750. The summed E-state index contributed by atoms with van der Waals surface area (Å²) in [6, 6.07) is 0. The van der Waals surface area contributed by atoms with Crippen LogP contribution in [0.3, 0.4) is 0 Å². The van der Waals surface area contributed by atoms with Gasteiger partial charge in [0.2, 0.25) is 5.79 Å². The average molecular weight is 125 g/mol. The molecule has 0 aromatic rings. The molecule has 52 valence electrons. The highest BCUT2D eigenvalue weighted by Crippen LogP contribution is 1.88. The van der Waals surface area contributed by atoms with Gasteiger partial charge in [-0.3, -0.25) is 0 Å². The molecule has 0 fully saturated rings. The molecule has 0 heterocycles. The average Bonchev–Trinajstić information content (AvgIpc) is 1.68. The van der Waals surface area contributed by atoms with Gasteiger partial charge in [-0.15, -0.1) is 0 Å². The molecule has 0 unspecified atom stereocenters. The largest absolute Gasteiger partial charge is 0.870 e. The van der Waals surface area contributed by atoms with Crippen molar-refractivity contribution in [3.8, 4) is 0 Å². The van der Waals surface area contributed by atoms with E-state index in [1.54, 1.807) is 0 Å². The van der Waals surface area contributed by atoms with E-state index < -0.39 is 12.4 Å². The second-order valence-electron chi connectivity index (χ2n) is 1.39. The Bertz CT molecular complexity index is 49.2. The van der Waals surface area contributed by atoms with Crippen molar-refractivity contribution in [1.29, 1.82) is 0 Å². The molecule has 0 atom stereocenters. The van der Waals surface area contributed by atoms with E-state index in [-0.39, 0.29) is 12.0 Å². The Balaban J connectivity index is 0. The van der Waals surface area contributed by atoms with Crippen molar-refractivity contribution < 1.29 is 26.5 Å². The molecule has 0 bridgehead atoms. The summed E-state index contributed by atoms with van der Waals surface area (Å²) >= 11 is 0. The van der Waals surface area contributed by atoms with Gasteiger partial charge in [-0.2, -0.15) is 0 Å². The molecule has 8 heavy (non-hydrogen) atoms. The highest BCUT2D eigenvalue weighted by molar-refractivity contribution is 4.55. The number of aliphatic hydroxyl groups is 3. The zero-order valence-corrected chi connectivity index (χ0v) is 4.41. The predicted octanol–water partition coefficient (Wildman–Crippen LogP) is -3.28. The summed E-state index contributed by atoms with van der Waals surface area (Å²) in [4.78, 5) is 0. The molecule has 5 nitrogen and oxygen atoms in total. The van der Waals surface area contributed by atoms with Crippen LogP contribution in [0.5, 0.6) is 0 Å². The van der Waals surface area contributed by atoms with E-state index >= 15 is 0 Å². The van der Waals surface area contributed by atoms with Gasteiger partial charge >= 0.3 is 0 Å². The minimum Gasteiger partial charge on any atom is -0.870 e. The third-order valence-electron chi connectivity index (χ3n) is 0.654. The SMILES string of the molecule is [NH3+]CC(O)(O)CO.[OH-]. The van der Waals surface area contributed by atoms with E-state index in [2.05, 4.69) is 5.73 Å². The van der Waals surface area contributed by atoms with E-state index in [1.807, 2.05) is 0 Å². The Morgan fingerprint density at radius 3 is 1.75 bits per heavy atom. The van der Waals surface area contributed by atoms with Crippen LogP contribution in [0.1, 0.15) is 0 Å². The summed E-state index contributed by atoms with van der Waals surface area (Å²) < 4.78 is 0. The van der Waals surface area contributed by atoms with Crippen molar-refractivity contribution in [2.24, 2.45) is 0 Å². The van der Waals surface area contributed by atoms with Crippen molar-refractivity contribution in [3.05, 3.63) is 0 Å². The smallest absolute Gasteiger partial charge is 0.237 e. The third kappa shape index (κ3) is 3.97. The van der Waals surface area contributed by atoms with Crippen molar-refractivity contribution >= 4 is 0 Å². The topological polar surface area (TPSA) is 118 Å². The van der Waals surface area contributed by atoms with Gasteiger partial charge in [-0.05, 0) is 0 Å². The first-order valence-corrected chi connectivity index (χ1v) is 1.97. The molecule has 0 aromatic heterocycles. The first kappa shape index (κ1) is 10.7. The van der Waals surface area contributed by atoms with Gasteiger partial charge in [0.25, 0.3) is 0 Å². The number of hydrogen-bond donors (Lipinski definition) is 4. The van der Waals surface area contributed by atoms with Crippen LogP contribution in [0.15, 0.2) is 0 Å². The van der Waals surface area contributed by atoms with Crippen LogP contribution in [-0.2, 0) is 0 Å². The Morgan fingerprint density at radius 2 is 1.75 bits per heavy atom. The first-order chi connectivity index (χ1) is 3.12. The second-order valence-corrected chi connectivity index (χ2v) is 1.39. The molecule has 0 rings (SSSR count). The van der Waals surface area contributed by atoms with Crippen molar-refractivity contribution in [1.82, 2.24) is 0 Å². The van der Waals surface area contributed by atoms with Crippen molar-refractivity contribution in [2.45, 2.75) is 5.79 Å². The van der Waals surface area contributed by atoms with E-state index in [0.717, 1.165) is 0 Å². The summed E-state index contributed by atoms with van der Waals surface area (Å²) in [7, 11) is 0. The minimum absolute atomic E-state index is 0. The fourth-order valence-corrected chi connectivity index (χ4v) is 0.0791. The molecule has 0 radical (unpaired) electrons. The fraction of sp³-hybridized carbons (Fsp3) is 1.00. The van der Waals surface area contributed by atoms with Crippen LogP contribution < -0.4 is 5.73 Å². The molecule has 0 aromatic carbocycles. The van der Waals surface area contributed by atoms with E-state index in [9.17, 15) is 0 Å². The van der Waals surface area contributed by atoms with Gasteiger partial charge in [0, 0.05) is 0 Å². The van der Waals surface area contributed by atoms with Gasteiger partial charge in [0.05, 0.1) is 0 Å². The quantitative estimate of drug-likeness (QED) is 0.289. The van der Waals surface area contributed by atoms with Gasteiger partial charge in [0.15, 0.2) is 0 Å². The van der Waals surface area contributed by atoms with Crippen molar-refractivity contribution in [2.75, 3.05) is 13.2 Å². The zero-order chi connectivity index (χ0) is 5.91. The van der Waals surface area contributed by atoms with Gasteiger partial charge in [-0.1, -0.05) is 0 Å². The Labute approximate surface area is 46.7 Å². The number of rotatable bonds is 2.